The minimum absolute atomic E-state index is 0. The van der Waals surface area contributed by atoms with Gasteiger partial charge in [-0.15, -0.1) is 0 Å². The summed E-state index contributed by atoms with van der Waals surface area (Å²) in [5.74, 6) is -0.123. The molecular formula is C5H10CaO2. The Bertz CT molecular complexity index is 63.4. The quantitative estimate of drug-likeness (QED) is 0.416. The van der Waals surface area contributed by atoms with Crippen molar-refractivity contribution in [3.8, 4) is 0 Å². The van der Waals surface area contributed by atoms with E-state index >= 15 is 0 Å². The van der Waals surface area contributed by atoms with Gasteiger partial charge in [-0.2, -0.15) is 0 Å². The van der Waals surface area contributed by atoms with Crippen LogP contribution in [0.15, 0.2) is 0 Å². The summed E-state index contributed by atoms with van der Waals surface area (Å²) in [7, 11) is 1.40. The molecule has 0 bridgehead atoms. The second-order valence-electron chi connectivity index (χ2n) is 1.33. The summed E-state index contributed by atoms with van der Waals surface area (Å²) in [5, 5.41) is 0. The maximum absolute atomic E-state index is 10.2. The fraction of sp³-hybridized carbons (Fsp3) is 0.800. The summed E-state index contributed by atoms with van der Waals surface area (Å²) in [5.41, 5.74) is 0. The van der Waals surface area contributed by atoms with Gasteiger partial charge in [0.2, 0.25) is 0 Å². The van der Waals surface area contributed by atoms with Gasteiger partial charge >= 0.3 is 5.97 Å². The summed E-state index contributed by atoms with van der Waals surface area (Å²) in [6.45, 7) is 1.94. The molecule has 44 valence electrons. The summed E-state index contributed by atoms with van der Waals surface area (Å²) in [4.78, 5) is 10.2. The Hall–Kier alpha value is 0.730. The van der Waals surface area contributed by atoms with Crippen molar-refractivity contribution in [3.63, 3.8) is 0 Å². The molecule has 8 heavy (non-hydrogen) atoms. The van der Waals surface area contributed by atoms with Crippen molar-refractivity contribution in [2.24, 2.45) is 0 Å². The Labute approximate surface area is 79.6 Å². The van der Waals surface area contributed by atoms with Gasteiger partial charge in [-0.25, -0.2) is 0 Å². The molecule has 0 aliphatic rings. The molecule has 0 aliphatic carbocycles. The molecule has 0 atom stereocenters. The molecule has 0 heterocycles. The fourth-order valence-electron chi connectivity index (χ4n) is 0.306. The maximum Gasteiger partial charge on any atom is 0.305 e. The second kappa shape index (κ2) is 7.73. The molecule has 0 aliphatic heterocycles. The molecule has 2 radical (unpaired) electrons. The largest absolute Gasteiger partial charge is 0.469 e. The average Bonchev–Trinajstić information content (AvgIpc) is 1.68. The Balaban J connectivity index is 0. The molecule has 0 N–H and O–H groups in total. The number of ether oxygens (including phenoxy) is 1. The summed E-state index contributed by atoms with van der Waals surface area (Å²) < 4.78 is 4.35. The van der Waals surface area contributed by atoms with E-state index < -0.39 is 0 Å². The Kier molecular flexibility index (Phi) is 11.1. The molecule has 0 amide bonds. The van der Waals surface area contributed by atoms with Gasteiger partial charge in [-0.1, -0.05) is 6.92 Å². The molecule has 0 unspecified atom stereocenters. The van der Waals surface area contributed by atoms with Crippen LogP contribution < -0.4 is 0 Å². The maximum atomic E-state index is 10.2. The Morgan fingerprint density at radius 1 is 1.62 bits per heavy atom. The minimum atomic E-state index is -0.123. The topological polar surface area (TPSA) is 26.3 Å². The van der Waals surface area contributed by atoms with Gasteiger partial charge in [0.1, 0.15) is 0 Å². The van der Waals surface area contributed by atoms with Crippen LogP contribution >= 0.6 is 0 Å². The van der Waals surface area contributed by atoms with Gasteiger partial charge in [-0.3, -0.25) is 4.79 Å². The predicted molar refractivity (Wildman–Crippen MR) is 32.7 cm³/mol. The first-order valence-electron chi connectivity index (χ1n) is 2.38. The van der Waals surface area contributed by atoms with E-state index in [1.165, 1.54) is 7.11 Å². The standard InChI is InChI=1S/C5H10O2.Ca/c1-3-4-5(6)7-2;/h3-4H2,1-2H3;. The van der Waals surface area contributed by atoms with Crippen molar-refractivity contribution in [3.05, 3.63) is 0 Å². The third-order valence-electron chi connectivity index (χ3n) is 0.682. The minimum Gasteiger partial charge on any atom is -0.469 e. The first-order valence-corrected chi connectivity index (χ1v) is 2.38. The smallest absolute Gasteiger partial charge is 0.305 e. The number of hydrogen-bond acceptors (Lipinski definition) is 2. The number of methoxy groups -OCH3 is 1. The molecule has 2 nitrogen and oxygen atoms in total. The van der Waals surface area contributed by atoms with Crippen LogP contribution in [0.4, 0.5) is 0 Å². The molecule has 0 saturated heterocycles. The molecule has 3 heteroatoms. The van der Waals surface area contributed by atoms with Crippen LogP contribution in [-0.2, 0) is 9.53 Å². The zero-order chi connectivity index (χ0) is 5.70. The Morgan fingerprint density at radius 3 is 2.25 bits per heavy atom. The number of esters is 1. The van der Waals surface area contributed by atoms with Crippen LogP contribution in [0.3, 0.4) is 0 Å². The van der Waals surface area contributed by atoms with Crippen molar-refractivity contribution in [2.45, 2.75) is 19.8 Å². The molecule has 0 aromatic heterocycles. The van der Waals surface area contributed by atoms with Crippen LogP contribution in [-0.4, -0.2) is 50.8 Å². The van der Waals surface area contributed by atoms with E-state index in [9.17, 15) is 4.79 Å². The van der Waals surface area contributed by atoms with E-state index in [2.05, 4.69) is 4.74 Å². The van der Waals surface area contributed by atoms with Crippen LogP contribution in [0.1, 0.15) is 19.8 Å². The number of hydrogen-bond donors (Lipinski definition) is 0. The van der Waals surface area contributed by atoms with Gasteiger partial charge in [0.15, 0.2) is 0 Å². The third-order valence-corrected chi connectivity index (χ3v) is 0.682. The van der Waals surface area contributed by atoms with Gasteiger partial charge in [-0.05, 0) is 6.42 Å². The van der Waals surface area contributed by atoms with Crippen LogP contribution in [0.5, 0.6) is 0 Å². The van der Waals surface area contributed by atoms with Crippen molar-refractivity contribution in [1.82, 2.24) is 0 Å². The molecule has 0 saturated carbocycles. The molecule has 0 aromatic carbocycles. The van der Waals surface area contributed by atoms with Crippen molar-refractivity contribution < 1.29 is 9.53 Å². The van der Waals surface area contributed by atoms with Crippen molar-refractivity contribution in [1.29, 1.82) is 0 Å². The van der Waals surface area contributed by atoms with E-state index in [1.807, 2.05) is 6.92 Å². The number of rotatable bonds is 2. The first kappa shape index (κ1) is 11.5. The van der Waals surface area contributed by atoms with Gasteiger partial charge < -0.3 is 4.74 Å². The molecule has 0 rings (SSSR count). The summed E-state index contributed by atoms with van der Waals surface area (Å²) in [6.07, 6.45) is 1.41. The molecule has 0 aromatic rings. The van der Waals surface area contributed by atoms with Crippen molar-refractivity contribution in [2.75, 3.05) is 7.11 Å². The monoisotopic (exact) mass is 142 g/mol. The molecule has 0 fully saturated rings. The van der Waals surface area contributed by atoms with E-state index in [0.29, 0.717) is 6.42 Å². The fourth-order valence-corrected chi connectivity index (χ4v) is 0.306. The van der Waals surface area contributed by atoms with Crippen LogP contribution in [0.2, 0.25) is 0 Å². The van der Waals surface area contributed by atoms with Gasteiger partial charge in [0.25, 0.3) is 0 Å². The average molecular weight is 142 g/mol. The second-order valence-corrected chi connectivity index (χ2v) is 1.33. The SMILES string of the molecule is CCCC(=O)OC.[Ca]. The molecular weight excluding hydrogens is 132 g/mol. The van der Waals surface area contributed by atoms with Crippen LogP contribution in [0, 0.1) is 0 Å². The summed E-state index contributed by atoms with van der Waals surface area (Å²) >= 11 is 0. The predicted octanol–water partition coefficient (Wildman–Crippen LogP) is 0.579. The van der Waals surface area contributed by atoms with Gasteiger partial charge in [0.05, 0.1) is 7.11 Å². The zero-order valence-corrected chi connectivity index (χ0v) is 7.65. The van der Waals surface area contributed by atoms with E-state index in [0.717, 1.165) is 6.42 Å². The normalized spacial score (nSPS) is 7.25. The van der Waals surface area contributed by atoms with E-state index in [4.69, 9.17) is 0 Å². The molecule has 0 spiro atoms. The van der Waals surface area contributed by atoms with Gasteiger partial charge in [0, 0.05) is 44.2 Å². The first-order chi connectivity index (χ1) is 3.31. The summed E-state index contributed by atoms with van der Waals surface area (Å²) in [6, 6.07) is 0. The van der Waals surface area contributed by atoms with E-state index in [-0.39, 0.29) is 43.7 Å². The third kappa shape index (κ3) is 6.73. The zero-order valence-electron chi connectivity index (χ0n) is 5.44. The number of carbonyl (C=O) groups excluding carboxylic acids is 1. The van der Waals surface area contributed by atoms with Crippen LogP contribution in [0.25, 0.3) is 0 Å². The van der Waals surface area contributed by atoms with Crippen molar-refractivity contribution >= 4 is 43.7 Å². The number of carbonyl (C=O) groups is 1. The van der Waals surface area contributed by atoms with E-state index in [1.54, 1.807) is 0 Å². The Morgan fingerprint density at radius 2 is 2.12 bits per heavy atom.